The van der Waals surface area contributed by atoms with Crippen LogP contribution in [0.15, 0.2) is 24.5 Å². The molecule has 8 heteroatoms. The Morgan fingerprint density at radius 1 is 1.28 bits per heavy atom. The van der Waals surface area contributed by atoms with E-state index in [4.69, 9.17) is 14.2 Å². The lowest BCUT2D eigenvalue weighted by Gasteiger charge is -2.15. The van der Waals surface area contributed by atoms with E-state index in [2.05, 4.69) is 9.97 Å². The van der Waals surface area contributed by atoms with Crippen LogP contribution in [-0.4, -0.2) is 55.1 Å². The first-order valence-electron chi connectivity index (χ1n) is 7.80. The highest BCUT2D eigenvalue weighted by atomic mass is 16.5. The van der Waals surface area contributed by atoms with Crippen LogP contribution in [0.4, 0.5) is 10.6 Å². The number of fused-ring (bicyclic) bond motifs is 1. The molecule has 0 unspecified atom stereocenters. The van der Waals surface area contributed by atoms with Crippen molar-refractivity contribution in [3.63, 3.8) is 0 Å². The van der Waals surface area contributed by atoms with Gasteiger partial charge in [-0.3, -0.25) is 4.90 Å². The van der Waals surface area contributed by atoms with Crippen LogP contribution in [0.25, 0.3) is 11.3 Å². The van der Waals surface area contributed by atoms with Crippen molar-refractivity contribution in [1.82, 2.24) is 9.97 Å². The van der Waals surface area contributed by atoms with Crippen LogP contribution >= 0.6 is 0 Å². The number of benzene rings is 1. The highest BCUT2D eigenvalue weighted by Gasteiger charge is 2.29. The summed E-state index contributed by atoms with van der Waals surface area (Å²) in [6.45, 7) is 1.20. The summed E-state index contributed by atoms with van der Waals surface area (Å²) in [5.41, 5.74) is 2.23. The molecule has 1 aromatic heterocycles. The molecule has 0 atom stereocenters. The summed E-state index contributed by atoms with van der Waals surface area (Å²) in [5, 5.41) is 9.30. The van der Waals surface area contributed by atoms with Gasteiger partial charge in [0.25, 0.3) is 0 Å². The summed E-state index contributed by atoms with van der Waals surface area (Å²) in [5.74, 6) is 1.69. The molecular weight excluding hydrogens is 326 g/mol. The predicted octanol–water partition coefficient (Wildman–Crippen LogP) is 2.22. The summed E-state index contributed by atoms with van der Waals surface area (Å²) < 4.78 is 16.1. The molecule has 3 rings (SSSR count). The summed E-state index contributed by atoms with van der Waals surface area (Å²) in [7, 11) is 3.19. The van der Waals surface area contributed by atoms with Crippen LogP contribution in [-0.2, 0) is 11.2 Å². The lowest BCUT2D eigenvalue weighted by Crippen LogP contribution is -2.27. The van der Waals surface area contributed by atoms with E-state index in [-0.39, 0.29) is 0 Å². The lowest BCUT2D eigenvalue weighted by atomic mass is 10.0. The highest BCUT2D eigenvalue weighted by molar-refractivity contribution is 5.89. The molecule has 2 heterocycles. The Morgan fingerprint density at radius 2 is 2.12 bits per heavy atom. The monoisotopic (exact) mass is 345 g/mol. The number of amides is 1. The number of nitrogens with zero attached hydrogens (tertiary/aromatic N) is 3. The summed E-state index contributed by atoms with van der Waals surface area (Å²) in [6.07, 6.45) is 0.912. The lowest BCUT2D eigenvalue weighted by molar-refractivity contribution is 0.146. The fraction of sp³-hybridized carbons (Fsp3) is 0.353. The first-order chi connectivity index (χ1) is 12.2. The van der Waals surface area contributed by atoms with Gasteiger partial charge < -0.3 is 19.3 Å². The van der Waals surface area contributed by atoms with E-state index in [1.807, 2.05) is 12.1 Å². The van der Waals surface area contributed by atoms with E-state index >= 15 is 0 Å². The zero-order valence-electron chi connectivity index (χ0n) is 14.1. The van der Waals surface area contributed by atoms with Crippen LogP contribution in [0.5, 0.6) is 11.5 Å². The second-order valence-electron chi connectivity index (χ2n) is 5.41. The van der Waals surface area contributed by atoms with E-state index in [1.165, 1.54) is 11.2 Å². The molecule has 132 valence electrons. The third-order valence-corrected chi connectivity index (χ3v) is 3.98. The quantitative estimate of drug-likeness (QED) is 0.802. The SMILES string of the molecule is COCCOc1cc(OC)ccc1-c1ncnc2c1CCN2C(=O)O. The normalized spacial score (nSPS) is 12.8. The number of carboxylic acid groups (broad SMARTS) is 1. The molecule has 0 aliphatic carbocycles. The van der Waals surface area contributed by atoms with Crippen molar-refractivity contribution in [3.8, 4) is 22.8 Å². The molecule has 1 N–H and O–H groups in total. The third kappa shape index (κ3) is 3.34. The van der Waals surface area contributed by atoms with Crippen molar-refractivity contribution in [3.05, 3.63) is 30.1 Å². The number of anilines is 1. The summed E-state index contributed by atoms with van der Waals surface area (Å²) in [6, 6.07) is 5.45. The molecule has 0 spiro atoms. The van der Waals surface area contributed by atoms with Gasteiger partial charge in [-0.25, -0.2) is 14.8 Å². The maximum atomic E-state index is 11.3. The van der Waals surface area contributed by atoms with E-state index in [0.717, 1.165) is 11.1 Å². The average molecular weight is 345 g/mol. The van der Waals surface area contributed by atoms with Crippen LogP contribution in [0.1, 0.15) is 5.56 Å². The zero-order valence-corrected chi connectivity index (χ0v) is 14.1. The topological polar surface area (TPSA) is 94.0 Å². The number of hydrogen-bond donors (Lipinski definition) is 1. The molecule has 0 saturated heterocycles. The number of ether oxygens (including phenoxy) is 3. The number of methoxy groups -OCH3 is 2. The predicted molar refractivity (Wildman–Crippen MR) is 90.5 cm³/mol. The fourth-order valence-electron chi connectivity index (χ4n) is 2.79. The minimum Gasteiger partial charge on any atom is -0.497 e. The van der Waals surface area contributed by atoms with Gasteiger partial charge in [0.2, 0.25) is 0 Å². The highest BCUT2D eigenvalue weighted by Crippen LogP contribution is 2.38. The largest absolute Gasteiger partial charge is 0.497 e. The van der Waals surface area contributed by atoms with Crippen molar-refractivity contribution >= 4 is 11.9 Å². The Hall–Kier alpha value is -2.87. The molecule has 25 heavy (non-hydrogen) atoms. The molecule has 1 amide bonds. The number of carbonyl (C=O) groups is 1. The molecule has 0 saturated carbocycles. The molecule has 1 aromatic carbocycles. The van der Waals surface area contributed by atoms with Crippen molar-refractivity contribution in [2.75, 3.05) is 38.9 Å². The van der Waals surface area contributed by atoms with Gasteiger partial charge in [-0.1, -0.05) is 0 Å². The van der Waals surface area contributed by atoms with Gasteiger partial charge in [0, 0.05) is 30.8 Å². The van der Waals surface area contributed by atoms with Gasteiger partial charge in [0.1, 0.15) is 30.3 Å². The Kier molecular flexibility index (Phi) is 4.99. The zero-order chi connectivity index (χ0) is 17.8. The van der Waals surface area contributed by atoms with Gasteiger partial charge in [-0.2, -0.15) is 0 Å². The van der Waals surface area contributed by atoms with Gasteiger partial charge in [0.05, 0.1) is 19.4 Å². The number of hydrogen-bond acceptors (Lipinski definition) is 6. The molecule has 2 aromatic rings. The number of aromatic nitrogens is 2. The van der Waals surface area contributed by atoms with Gasteiger partial charge in [-0.05, 0) is 18.6 Å². The molecule has 0 bridgehead atoms. The van der Waals surface area contributed by atoms with Crippen LogP contribution < -0.4 is 14.4 Å². The maximum Gasteiger partial charge on any atom is 0.413 e. The van der Waals surface area contributed by atoms with Gasteiger partial charge in [0.15, 0.2) is 0 Å². The molecule has 0 fully saturated rings. The fourth-order valence-corrected chi connectivity index (χ4v) is 2.79. The van der Waals surface area contributed by atoms with Gasteiger partial charge >= 0.3 is 6.09 Å². The average Bonchev–Trinajstić information content (AvgIpc) is 3.06. The van der Waals surface area contributed by atoms with E-state index in [9.17, 15) is 9.90 Å². The first kappa shape index (κ1) is 17.0. The molecular formula is C17H19N3O5. The van der Waals surface area contributed by atoms with Crippen LogP contribution in [0.2, 0.25) is 0 Å². The number of rotatable bonds is 6. The Morgan fingerprint density at radius 3 is 2.84 bits per heavy atom. The van der Waals surface area contributed by atoms with Crippen molar-refractivity contribution in [1.29, 1.82) is 0 Å². The maximum absolute atomic E-state index is 11.3. The minimum atomic E-state index is -1.02. The van der Waals surface area contributed by atoms with E-state index in [0.29, 0.717) is 49.2 Å². The standard InChI is InChI=1S/C17H19N3O5/c1-23-7-8-25-14-9-11(24-2)3-4-12(14)15-13-5-6-20(17(21)22)16(13)19-10-18-15/h3-4,9-10H,5-8H2,1-2H3,(H,21,22). The smallest absolute Gasteiger partial charge is 0.413 e. The van der Waals surface area contributed by atoms with Gasteiger partial charge in [-0.15, -0.1) is 0 Å². The van der Waals surface area contributed by atoms with Crippen molar-refractivity contribution in [2.45, 2.75) is 6.42 Å². The van der Waals surface area contributed by atoms with Crippen molar-refractivity contribution < 1.29 is 24.1 Å². The van der Waals surface area contributed by atoms with E-state index < -0.39 is 6.09 Å². The van der Waals surface area contributed by atoms with Crippen LogP contribution in [0, 0.1) is 0 Å². The molecule has 0 radical (unpaired) electrons. The second kappa shape index (κ2) is 7.35. The minimum absolute atomic E-state index is 0.367. The molecule has 8 nitrogen and oxygen atoms in total. The van der Waals surface area contributed by atoms with E-state index in [1.54, 1.807) is 20.3 Å². The summed E-state index contributed by atoms with van der Waals surface area (Å²) >= 11 is 0. The Bertz CT molecular complexity index is 781. The van der Waals surface area contributed by atoms with Crippen LogP contribution in [0.3, 0.4) is 0 Å². The third-order valence-electron chi connectivity index (χ3n) is 3.98. The first-order valence-corrected chi connectivity index (χ1v) is 7.80. The Balaban J connectivity index is 2.03. The Labute approximate surface area is 145 Å². The summed E-state index contributed by atoms with van der Waals surface area (Å²) in [4.78, 5) is 21.1. The van der Waals surface area contributed by atoms with Crippen molar-refractivity contribution in [2.24, 2.45) is 0 Å². The molecule has 1 aliphatic heterocycles. The molecule has 1 aliphatic rings. The second-order valence-corrected chi connectivity index (χ2v) is 5.41.